The van der Waals surface area contributed by atoms with E-state index in [9.17, 15) is 32.3 Å². The Morgan fingerprint density at radius 1 is 1.18 bits per heavy atom. The van der Waals surface area contributed by atoms with E-state index in [1.54, 1.807) is 4.90 Å². The van der Waals surface area contributed by atoms with Gasteiger partial charge in [-0.15, -0.1) is 11.3 Å². The molecule has 8 rings (SSSR count). The zero-order valence-electron chi connectivity index (χ0n) is 25.9. The Bertz CT molecular complexity index is 2020. The Labute approximate surface area is 279 Å². The molecule has 3 N–H and O–H groups in total. The van der Waals surface area contributed by atoms with E-state index < -0.39 is 64.4 Å². The lowest BCUT2D eigenvalue weighted by Gasteiger charge is -2.48. The smallest absolute Gasteiger partial charge is 0.417 e. The molecule has 4 atom stereocenters. The number of aliphatic hydroxyl groups excluding tert-OH is 1. The van der Waals surface area contributed by atoms with Gasteiger partial charge in [0.05, 0.1) is 52.8 Å². The summed E-state index contributed by atoms with van der Waals surface area (Å²) in [5.41, 5.74) is 1.91. The maximum atomic E-state index is 17.1. The van der Waals surface area contributed by atoms with Gasteiger partial charge in [-0.3, -0.25) is 4.90 Å². The van der Waals surface area contributed by atoms with Gasteiger partial charge >= 0.3 is 12.2 Å². The van der Waals surface area contributed by atoms with Gasteiger partial charge in [-0.2, -0.15) is 28.4 Å². The van der Waals surface area contributed by atoms with Crippen molar-refractivity contribution in [1.29, 1.82) is 5.26 Å². The first kappa shape index (κ1) is 32.3. The molecule has 49 heavy (non-hydrogen) atoms. The van der Waals surface area contributed by atoms with E-state index in [1.807, 2.05) is 11.0 Å². The third-order valence-corrected chi connectivity index (χ3v) is 11.4. The molecule has 258 valence electrons. The van der Waals surface area contributed by atoms with Gasteiger partial charge in [0.1, 0.15) is 41.0 Å². The van der Waals surface area contributed by atoms with Crippen molar-refractivity contribution >= 4 is 43.1 Å². The van der Waals surface area contributed by atoms with Crippen LogP contribution in [0, 0.1) is 23.0 Å². The number of hydrogen-bond donors (Lipinski definition) is 2. The molecule has 4 aromatic rings. The van der Waals surface area contributed by atoms with Crippen molar-refractivity contribution in [3.05, 3.63) is 41.0 Å². The van der Waals surface area contributed by atoms with Gasteiger partial charge in [0.2, 0.25) is 0 Å². The lowest BCUT2D eigenvalue weighted by Crippen LogP contribution is -2.58. The molecular weight excluding hydrogens is 674 g/mol. The van der Waals surface area contributed by atoms with Crippen LogP contribution in [0.4, 0.5) is 37.2 Å². The standard InChI is InChI=1S/C33H30F6N6O3S/c34-15-9-32(4-1-5-44(32)11-15)14-48-31-42-27-20(30(43-31)45-16-6-18(46)7-17(45)13-47-12-16)8-22(33(37,38)39)25(26(27)36)19-2-3-23(35)28-24(19)21(10-40)29(41)49-28/h2-3,8,15-18,46H,1,4-7,9,11-14,41H2/t15-,16?,17?,18?,32+/m1/s1. The molecule has 4 aliphatic rings. The molecule has 4 saturated heterocycles. The molecule has 2 aromatic heterocycles. The van der Waals surface area contributed by atoms with Crippen molar-refractivity contribution in [2.75, 3.05) is 43.5 Å². The van der Waals surface area contributed by atoms with E-state index in [0.29, 0.717) is 24.3 Å². The lowest BCUT2D eigenvalue weighted by molar-refractivity contribution is -0.137. The Morgan fingerprint density at radius 2 is 1.94 bits per heavy atom. The van der Waals surface area contributed by atoms with Crippen molar-refractivity contribution in [3.8, 4) is 23.2 Å². The second-order valence-corrected chi connectivity index (χ2v) is 14.4. The van der Waals surface area contributed by atoms with Crippen LogP contribution in [0.15, 0.2) is 18.2 Å². The fourth-order valence-electron chi connectivity index (χ4n) is 8.33. The van der Waals surface area contributed by atoms with E-state index in [4.69, 9.17) is 15.2 Å². The number of nitrogens with two attached hydrogens (primary N) is 1. The van der Waals surface area contributed by atoms with Crippen LogP contribution < -0.4 is 15.4 Å². The summed E-state index contributed by atoms with van der Waals surface area (Å²) in [6.45, 7) is 1.24. The summed E-state index contributed by atoms with van der Waals surface area (Å²) in [6.07, 6.45) is -4.62. The zero-order chi connectivity index (χ0) is 34.4. The summed E-state index contributed by atoms with van der Waals surface area (Å²) in [4.78, 5) is 12.7. The molecule has 6 heterocycles. The highest BCUT2D eigenvalue weighted by molar-refractivity contribution is 7.23. The predicted octanol–water partition coefficient (Wildman–Crippen LogP) is 5.95. The number of nitrogens with zero attached hydrogens (tertiary/aromatic N) is 5. The molecule has 16 heteroatoms. The fourth-order valence-corrected chi connectivity index (χ4v) is 9.28. The number of fused-ring (bicyclic) bond motifs is 5. The Balaban J connectivity index is 1.37. The van der Waals surface area contributed by atoms with Gasteiger partial charge in [-0.05, 0) is 49.9 Å². The molecule has 0 radical (unpaired) electrons. The number of alkyl halides is 4. The van der Waals surface area contributed by atoms with Crippen LogP contribution in [0.3, 0.4) is 0 Å². The van der Waals surface area contributed by atoms with Crippen LogP contribution in [-0.4, -0.2) is 82.8 Å². The van der Waals surface area contributed by atoms with Crippen molar-refractivity contribution in [2.45, 2.75) is 68.2 Å². The van der Waals surface area contributed by atoms with Crippen LogP contribution in [0.2, 0.25) is 0 Å². The molecular formula is C33H30F6N6O3S. The third-order valence-electron chi connectivity index (χ3n) is 10.4. The molecule has 0 spiro atoms. The highest BCUT2D eigenvalue weighted by Gasteiger charge is 2.50. The van der Waals surface area contributed by atoms with E-state index in [0.717, 1.165) is 24.6 Å². The summed E-state index contributed by atoms with van der Waals surface area (Å²) >= 11 is 0.682. The summed E-state index contributed by atoms with van der Waals surface area (Å²) in [5, 5.41) is 19.7. The third kappa shape index (κ3) is 5.16. The van der Waals surface area contributed by atoms with Gasteiger partial charge in [0.15, 0.2) is 5.82 Å². The van der Waals surface area contributed by atoms with Crippen molar-refractivity contribution < 1.29 is 40.9 Å². The van der Waals surface area contributed by atoms with Gasteiger partial charge in [0, 0.05) is 29.3 Å². The number of halogens is 6. The zero-order valence-corrected chi connectivity index (χ0v) is 26.7. The van der Waals surface area contributed by atoms with E-state index >= 15 is 4.39 Å². The second kappa shape index (κ2) is 11.6. The molecule has 0 saturated carbocycles. The van der Waals surface area contributed by atoms with Crippen LogP contribution >= 0.6 is 11.3 Å². The fraction of sp³-hybridized carbons (Fsp3) is 0.485. The minimum Gasteiger partial charge on any atom is -0.461 e. The topological polar surface area (TPSA) is 121 Å². The number of morpholine rings is 1. The first-order valence-electron chi connectivity index (χ1n) is 16.0. The summed E-state index contributed by atoms with van der Waals surface area (Å²) in [5.74, 6) is -2.21. The molecule has 4 fully saturated rings. The van der Waals surface area contributed by atoms with Crippen LogP contribution in [-0.2, 0) is 10.9 Å². The average Bonchev–Trinajstić information content (AvgIpc) is 3.69. The monoisotopic (exact) mass is 704 g/mol. The number of piperidine rings is 1. The highest BCUT2D eigenvalue weighted by atomic mass is 32.1. The number of rotatable bonds is 5. The van der Waals surface area contributed by atoms with E-state index in [1.165, 1.54) is 0 Å². The first-order valence-corrected chi connectivity index (χ1v) is 16.8. The number of aliphatic hydroxyl groups is 1. The van der Waals surface area contributed by atoms with E-state index in [2.05, 4.69) is 9.97 Å². The Hall–Kier alpha value is -3.91. The maximum Gasteiger partial charge on any atom is 0.417 e. The van der Waals surface area contributed by atoms with E-state index in [-0.39, 0.29) is 89.1 Å². The molecule has 4 aliphatic heterocycles. The van der Waals surface area contributed by atoms with Gasteiger partial charge < -0.3 is 25.2 Å². The Morgan fingerprint density at radius 3 is 2.65 bits per heavy atom. The summed E-state index contributed by atoms with van der Waals surface area (Å²) in [6, 6.07) is 3.22. The summed E-state index contributed by atoms with van der Waals surface area (Å²) < 4.78 is 103. The second-order valence-electron chi connectivity index (χ2n) is 13.3. The quantitative estimate of drug-likeness (QED) is 0.243. The number of anilines is 2. The largest absolute Gasteiger partial charge is 0.461 e. The normalized spacial score (nSPS) is 27.2. The number of thiophene rings is 1. The number of ether oxygens (including phenoxy) is 2. The number of aromatic nitrogens is 2. The average molecular weight is 705 g/mol. The van der Waals surface area contributed by atoms with Crippen LogP contribution in [0.5, 0.6) is 6.01 Å². The van der Waals surface area contributed by atoms with Crippen molar-refractivity contribution in [2.24, 2.45) is 0 Å². The van der Waals surface area contributed by atoms with Gasteiger partial charge in [0.25, 0.3) is 0 Å². The predicted molar refractivity (Wildman–Crippen MR) is 169 cm³/mol. The minimum atomic E-state index is -5.11. The molecule has 0 amide bonds. The molecule has 0 aliphatic carbocycles. The number of hydrogen-bond acceptors (Lipinski definition) is 10. The van der Waals surface area contributed by atoms with Crippen molar-refractivity contribution in [3.63, 3.8) is 0 Å². The van der Waals surface area contributed by atoms with Crippen LogP contribution in [0.25, 0.3) is 32.1 Å². The van der Waals surface area contributed by atoms with Crippen LogP contribution in [0.1, 0.15) is 43.2 Å². The van der Waals surface area contributed by atoms with Gasteiger partial charge in [-0.25, -0.2) is 13.2 Å². The molecule has 2 bridgehead atoms. The van der Waals surface area contributed by atoms with Crippen molar-refractivity contribution in [1.82, 2.24) is 14.9 Å². The number of nitriles is 1. The molecule has 2 aromatic carbocycles. The summed E-state index contributed by atoms with van der Waals surface area (Å²) in [7, 11) is 0. The molecule has 9 nitrogen and oxygen atoms in total. The Kier molecular flexibility index (Phi) is 7.63. The van der Waals surface area contributed by atoms with Gasteiger partial charge in [-0.1, -0.05) is 6.07 Å². The number of benzene rings is 2. The SMILES string of the molecule is N#Cc1c(N)sc2c(F)ccc(-c3c(C(F)(F)F)cc4c(N5C6COCC5CC(O)C6)nc(OC[C@@]56CCCN5C[C@H](F)C6)nc4c3F)c12. The maximum absolute atomic E-state index is 17.1. The number of nitrogen functional groups attached to an aromatic ring is 1. The first-order chi connectivity index (χ1) is 23.4. The lowest BCUT2D eigenvalue weighted by atomic mass is 9.90. The highest BCUT2D eigenvalue weighted by Crippen LogP contribution is 2.49. The minimum absolute atomic E-state index is 0.0134. The molecule has 2 unspecified atom stereocenters.